The second-order valence-electron chi connectivity index (χ2n) is 7.25. The summed E-state index contributed by atoms with van der Waals surface area (Å²) in [4.78, 5) is 4.26. The number of benzene rings is 1. The number of halogens is 2. The summed E-state index contributed by atoms with van der Waals surface area (Å²) in [7, 11) is 1.74. The molecule has 2 N–H and O–H groups in total. The van der Waals surface area contributed by atoms with E-state index in [2.05, 4.69) is 21.7 Å². The number of aliphatic imine (C=N–C) groups is 1. The van der Waals surface area contributed by atoms with Gasteiger partial charge >= 0.3 is 0 Å². The third-order valence-electron chi connectivity index (χ3n) is 5.00. The van der Waals surface area contributed by atoms with Gasteiger partial charge in [0.05, 0.1) is 25.9 Å². The molecule has 1 aliphatic carbocycles. The summed E-state index contributed by atoms with van der Waals surface area (Å²) in [6.07, 6.45) is 6.51. The summed E-state index contributed by atoms with van der Waals surface area (Å²) in [5.74, 6) is 1.35. The van der Waals surface area contributed by atoms with Gasteiger partial charge in [0.25, 0.3) is 0 Å². The van der Waals surface area contributed by atoms with E-state index in [-0.39, 0.29) is 35.8 Å². The van der Waals surface area contributed by atoms with Gasteiger partial charge in [0.1, 0.15) is 0 Å². The molecule has 0 radical (unpaired) electrons. The SMILES string of the molecule is CN=C(NCCC1=CCOCC1)NC(C)c1ccc(OCC2CC2)c(F)c1.I. The van der Waals surface area contributed by atoms with E-state index in [4.69, 9.17) is 9.47 Å². The molecule has 1 heterocycles. The van der Waals surface area contributed by atoms with Gasteiger partial charge in [-0.25, -0.2) is 4.39 Å². The van der Waals surface area contributed by atoms with Crippen molar-refractivity contribution in [2.45, 2.75) is 38.6 Å². The van der Waals surface area contributed by atoms with Crippen LogP contribution in [0.5, 0.6) is 5.75 Å². The zero-order valence-electron chi connectivity index (χ0n) is 16.7. The van der Waals surface area contributed by atoms with E-state index in [0.29, 0.717) is 30.8 Å². The first-order valence-electron chi connectivity index (χ1n) is 9.81. The summed E-state index contributed by atoms with van der Waals surface area (Å²) < 4.78 is 25.2. The van der Waals surface area contributed by atoms with Crippen molar-refractivity contribution in [1.82, 2.24) is 10.6 Å². The van der Waals surface area contributed by atoms with E-state index >= 15 is 0 Å². The summed E-state index contributed by atoms with van der Waals surface area (Å²) in [6, 6.07) is 5.10. The number of nitrogens with zero attached hydrogens (tertiary/aromatic N) is 1. The maximum absolute atomic E-state index is 14.3. The van der Waals surface area contributed by atoms with Gasteiger partial charge in [-0.05, 0) is 56.2 Å². The number of guanidine groups is 1. The van der Waals surface area contributed by atoms with Gasteiger partial charge in [-0.2, -0.15) is 0 Å². The molecule has 7 heteroatoms. The first kappa shape index (κ1) is 22.9. The standard InChI is InChI=1S/C21H30FN3O2.HI/c1-15(18-5-6-20(19(22)13-18)27-14-17-3-4-17)25-21(23-2)24-10-7-16-8-11-26-12-9-16;/h5-6,8,13,15,17H,3-4,7,9-12,14H2,1-2H3,(H2,23,24,25);1H. The van der Waals surface area contributed by atoms with Crippen LogP contribution in [0.3, 0.4) is 0 Å². The molecule has 3 rings (SSSR count). The monoisotopic (exact) mass is 503 g/mol. The fourth-order valence-electron chi connectivity index (χ4n) is 3.01. The van der Waals surface area contributed by atoms with Crippen LogP contribution < -0.4 is 15.4 Å². The lowest BCUT2D eigenvalue weighted by molar-refractivity contribution is 0.153. The maximum atomic E-state index is 14.3. The molecule has 1 aromatic rings. The van der Waals surface area contributed by atoms with E-state index in [0.717, 1.165) is 31.6 Å². The molecule has 1 aromatic carbocycles. The Morgan fingerprint density at radius 2 is 2.21 bits per heavy atom. The van der Waals surface area contributed by atoms with Crippen molar-refractivity contribution >= 4 is 29.9 Å². The Morgan fingerprint density at radius 1 is 1.39 bits per heavy atom. The summed E-state index contributed by atoms with van der Waals surface area (Å²) in [6.45, 7) is 4.93. The minimum absolute atomic E-state index is 0. The van der Waals surface area contributed by atoms with Gasteiger partial charge in [-0.1, -0.05) is 17.7 Å². The molecule has 1 saturated carbocycles. The van der Waals surface area contributed by atoms with Crippen LogP contribution >= 0.6 is 24.0 Å². The minimum Gasteiger partial charge on any atom is -0.490 e. The average molecular weight is 503 g/mol. The molecule has 28 heavy (non-hydrogen) atoms. The molecular weight excluding hydrogens is 472 g/mol. The molecule has 0 spiro atoms. The Labute approximate surface area is 184 Å². The van der Waals surface area contributed by atoms with Crippen molar-refractivity contribution < 1.29 is 13.9 Å². The third-order valence-corrected chi connectivity index (χ3v) is 5.00. The van der Waals surface area contributed by atoms with Crippen LogP contribution in [0.25, 0.3) is 0 Å². The van der Waals surface area contributed by atoms with Crippen molar-refractivity contribution in [3.63, 3.8) is 0 Å². The molecule has 1 unspecified atom stereocenters. The normalized spacial score (nSPS) is 18.0. The Bertz CT molecular complexity index is 692. The quantitative estimate of drug-likeness (QED) is 0.242. The fraction of sp³-hybridized carbons (Fsp3) is 0.571. The fourth-order valence-corrected chi connectivity index (χ4v) is 3.01. The Balaban J connectivity index is 0.00000280. The smallest absolute Gasteiger partial charge is 0.191 e. The zero-order valence-corrected chi connectivity index (χ0v) is 19.0. The van der Waals surface area contributed by atoms with Crippen molar-refractivity contribution in [3.8, 4) is 5.75 Å². The van der Waals surface area contributed by atoms with Crippen LogP contribution in [0.1, 0.15) is 44.2 Å². The largest absolute Gasteiger partial charge is 0.490 e. The van der Waals surface area contributed by atoms with E-state index in [1.807, 2.05) is 13.0 Å². The van der Waals surface area contributed by atoms with Crippen molar-refractivity contribution in [1.29, 1.82) is 0 Å². The molecule has 156 valence electrons. The number of hydrogen-bond donors (Lipinski definition) is 2. The number of ether oxygens (including phenoxy) is 2. The molecule has 0 bridgehead atoms. The van der Waals surface area contributed by atoms with Crippen molar-refractivity contribution in [2.24, 2.45) is 10.9 Å². The van der Waals surface area contributed by atoms with Crippen LogP contribution in [0.4, 0.5) is 4.39 Å². The van der Waals surface area contributed by atoms with Crippen LogP contribution in [-0.4, -0.2) is 39.4 Å². The van der Waals surface area contributed by atoms with E-state index in [1.54, 1.807) is 19.2 Å². The average Bonchev–Trinajstić information content (AvgIpc) is 3.51. The molecule has 1 fully saturated rings. The van der Waals surface area contributed by atoms with Crippen LogP contribution in [0.15, 0.2) is 34.8 Å². The first-order chi connectivity index (χ1) is 13.2. The molecule has 0 amide bonds. The molecule has 2 aliphatic rings. The highest BCUT2D eigenvalue weighted by atomic mass is 127. The minimum atomic E-state index is -0.309. The lowest BCUT2D eigenvalue weighted by atomic mass is 10.1. The Morgan fingerprint density at radius 3 is 2.86 bits per heavy atom. The summed E-state index contributed by atoms with van der Waals surface area (Å²) in [5.41, 5.74) is 2.28. The molecule has 1 aliphatic heterocycles. The van der Waals surface area contributed by atoms with Gasteiger partial charge in [-0.3, -0.25) is 4.99 Å². The van der Waals surface area contributed by atoms with Crippen molar-refractivity contribution in [3.05, 3.63) is 41.2 Å². The maximum Gasteiger partial charge on any atom is 0.191 e. The van der Waals surface area contributed by atoms with E-state index < -0.39 is 0 Å². The van der Waals surface area contributed by atoms with Crippen molar-refractivity contribution in [2.75, 3.05) is 33.4 Å². The van der Waals surface area contributed by atoms with E-state index in [9.17, 15) is 4.39 Å². The van der Waals surface area contributed by atoms with E-state index in [1.165, 1.54) is 18.4 Å². The molecular formula is C21H31FIN3O2. The molecule has 0 aromatic heterocycles. The van der Waals surface area contributed by atoms with Gasteiger partial charge in [0.15, 0.2) is 17.5 Å². The molecule has 0 saturated heterocycles. The highest BCUT2D eigenvalue weighted by Gasteiger charge is 2.22. The highest BCUT2D eigenvalue weighted by Crippen LogP contribution is 2.30. The number of hydrogen-bond acceptors (Lipinski definition) is 3. The Kier molecular flexibility index (Phi) is 9.50. The molecule has 5 nitrogen and oxygen atoms in total. The number of rotatable bonds is 8. The van der Waals surface area contributed by atoms with Crippen LogP contribution in [0, 0.1) is 11.7 Å². The van der Waals surface area contributed by atoms with Gasteiger partial charge in [0, 0.05) is 13.6 Å². The predicted molar refractivity (Wildman–Crippen MR) is 121 cm³/mol. The predicted octanol–water partition coefficient (Wildman–Crippen LogP) is 4.20. The van der Waals surface area contributed by atoms with Gasteiger partial charge in [0.2, 0.25) is 0 Å². The van der Waals surface area contributed by atoms with Crippen LogP contribution in [-0.2, 0) is 4.74 Å². The number of nitrogens with one attached hydrogen (secondary N) is 2. The Hall–Kier alpha value is -1.35. The lowest BCUT2D eigenvalue weighted by Gasteiger charge is -2.20. The second kappa shape index (κ2) is 11.6. The topological polar surface area (TPSA) is 54.9 Å². The third kappa shape index (κ3) is 7.24. The first-order valence-corrected chi connectivity index (χ1v) is 9.81. The van der Waals surface area contributed by atoms with Crippen LogP contribution in [0.2, 0.25) is 0 Å². The summed E-state index contributed by atoms with van der Waals surface area (Å²) in [5, 5.41) is 6.64. The van der Waals surface area contributed by atoms with Gasteiger partial charge in [-0.15, -0.1) is 24.0 Å². The highest BCUT2D eigenvalue weighted by molar-refractivity contribution is 14.0. The van der Waals surface area contributed by atoms with Gasteiger partial charge < -0.3 is 20.1 Å². The summed E-state index contributed by atoms with van der Waals surface area (Å²) >= 11 is 0. The second-order valence-corrected chi connectivity index (χ2v) is 7.25. The zero-order chi connectivity index (χ0) is 19.1. The molecule has 1 atom stereocenters. The lowest BCUT2D eigenvalue weighted by Crippen LogP contribution is -2.39.